The fourth-order valence-electron chi connectivity index (χ4n) is 5.49. The van der Waals surface area contributed by atoms with E-state index in [9.17, 15) is 14.3 Å². The van der Waals surface area contributed by atoms with E-state index in [1.54, 1.807) is 18.3 Å². The van der Waals surface area contributed by atoms with Gasteiger partial charge in [-0.3, -0.25) is 4.40 Å². The van der Waals surface area contributed by atoms with Crippen molar-refractivity contribution >= 4 is 11.9 Å². The van der Waals surface area contributed by atoms with Gasteiger partial charge >= 0.3 is 6.09 Å². The number of nitrogens with one attached hydrogen (secondary N) is 1. The summed E-state index contributed by atoms with van der Waals surface area (Å²) in [4.78, 5) is 22.2. The maximum Gasteiger partial charge on any atom is 0.408 e. The van der Waals surface area contributed by atoms with Crippen LogP contribution >= 0.6 is 0 Å². The zero-order valence-corrected chi connectivity index (χ0v) is 23.9. The predicted molar refractivity (Wildman–Crippen MR) is 160 cm³/mol. The van der Waals surface area contributed by atoms with E-state index in [0.717, 1.165) is 58.5 Å². The van der Waals surface area contributed by atoms with Gasteiger partial charge in [0.2, 0.25) is 5.78 Å². The number of aliphatic hydroxyl groups is 1. The van der Waals surface area contributed by atoms with Gasteiger partial charge in [-0.15, -0.1) is 0 Å². The van der Waals surface area contributed by atoms with Crippen molar-refractivity contribution in [1.29, 1.82) is 0 Å². The van der Waals surface area contributed by atoms with Gasteiger partial charge in [-0.1, -0.05) is 54.6 Å². The van der Waals surface area contributed by atoms with Crippen molar-refractivity contribution in [2.24, 2.45) is 0 Å². The molecule has 214 valence electrons. The van der Waals surface area contributed by atoms with Crippen LogP contribution in [0.5, 0.6) is 0 Å². The average Bonchev–Trinajstić information content (AvgIpc) is 3.37. The number of aromatic nitrogens is 3. The summed E-state index contributed by atoms with van der Waals surface area (Å²) >= 11 is 0. The molecule has 2 N–H and O–H groups in total. The Bertz CT molecular complexity index is 1750. The molecule has 42 heavy (non-hydrogen) atoms. The summed E-state index contributed by atoms with van der Waals surface area (Å²) in [5.74, 6) is 0.0505. The quantitative estimate of drug-likeness (QED) is 0.227. The van der Waals surface area contributed by atoms with E-state index < -0.39 is 29.7 Å². The summed E-state index contributed by atoms with van der Waals surface area (Å²) in [5.41, 5.74) is 5.30. The van der Waals surface area contributed by atoms with E-state index in [4.69, 9.17) is 9.72 Å². The Labute approximate surface area is 244 Å². The van der Waals surface area contributed by atoms with Crippen molar-refractivity contribution in [3.63, 3.8) is 0 Å². The minimum Gasteiger partial charge on any atom is -0.444 e. The summed E-state index contributed by atoms with van der Waals surface area (Å²) in [6.07, 6.45) is 6.03. The first-order valence-electron chi connectivity index (χ1n) is 14.1. The third-order valence-electron chi connectivity index (χ3n) is 7.76. The molecule has 2 aromatic heterocycles. The SMILES string of the molecule is CC(C)(C)OC(=O)NC1(c2ccc(-c3nc4ncc(-c5ccc(F)c(CO)c5)n4cc3-c3ccccc3)cc2)CCC1. The van der Waals surface area contributed by atoms with Gasteiger partial charge in [0.15, 0.2) is 0 Å². The molecule has 0 bridgehead atoms. The molecule has 8 heteroatoms. The first-order valence-corrected chi connectivity index (χ1v) is 14.1. The van der Waals surface area contributed by atoms with Crippen LogP contribution in [0.1, 0.15) is 51.2 Å². The van der Waals surface area contributed by atoms with Gasteiger partial charge in [0.05, 0.1) is 29.7 Å². The van der Waals surface area contributed by atoms with E-state index in [1.807, 2.05) is 73.8 Å². The molecular weight excluding hydrogens is 531 g/mol. The van der Waals surface area contributed by atoms with Crippen LogP contribution in [0, 0.1) is 5.82 Å². The molecule has 1 amide bonds. The van der Waals surface area contributed by atoms with Gasteiger partial charge in [0.25, 0.3) is 0 Å². The number of rotatable bonds is 6. The Kier molecular flexibility index (Phi) is 7.02. The van der Waals surface area contributed by atoms with Gasteiger partial charge in [-0.25, -0.2) is 19.2 Å². The number of amides is 1. The minimum atomic E-state index is -0.568. The summed E-state index contributed by atoms with van der Waals surface area (Å²) in [6.45, 7) is 5.19. The monoisotopic (exact) mass is 564 g/mol. The first-order chi connectivity index (χ1) is 20.2. The maximum absolute atomic E-state index is 14.1. The molecule has 0 spiro atoms. The van der Waals surface area contributed by atoms with Crippen LogP contribution in [-0.2, 0) is 16.9 Å². The molecule has 1 aliphatic rings. The topological polar surface area (TPSA) is 88.8 Å². The van der Waals surface area contributed by atoms with E-state index in [0.29, 0.717) is 5.78 Å². The molecular formula is C34H33FN4O3. The summed E-state index contributed by atoms with van der Waals surface area (Å²) in [6, 6.07) is 22.9. The molecule has 2 heterocycles. The normalized spacial score (nSPS) is 14.4. The second-order valence-electron chi connectivity index (χ2n) is 11.8. The third kappa shape index (κ3) is 5.25. The second kappa shape index (κ2) is 10.7. The smallest absolute Gasteiger partial charge is 0.408 e. The van der Waals surface area contributed by atoms with E-state index >= 15 is 0 Å². The van der Waals surface area contributed by atoms with Crippen LogP contribution < -0.4 is 5.32 Å². The Balaban J connectivity index is 1.40. The summed E-state index contributed by atoms with van der Waals surface area (Å²) in [7, 11) is 0. The number of aliphatic hydroxyl groups excluding tert-OH is 1. The van der Waals surface area contributed by atoms with Crippen LogP contribution in [0.2, 0.25) is 0 Å². The van der Waals surface area contributed by atoms with Crippen LogP contribution in [0.4, 0.5) is 9.18 Å². The highest BCUT2D eigenvalue weighted by atomic mass is 19.1. The lowest BCUT2D eigenvalue weighted by molar-refractivity contribution is 0.0377. The third-order valence-corrected chi connectivity index (χ3v) is 7.76. The molecule has 1 aliphatic carbocycles. The van der Waals surface area contributed by atoms with Crippen molar-refractivity contribution in [2.45, 2.75) is 57.8 Å². The molecule has 0 aliphatic heterocycles. The number of halogens is 1. The van der Waals surface area contributed by atoms with Gasteiger partial charge in [-0.05, 0) is 69.4 Å². The standard InChI is InChI=1S/C34H33FN4O3/c1-33(2,3)42-32(41)38-34(16-7-17-34)26-13-10-23(11-14-26)30-27(22-8-5-4-6-9-22)20-39-29(19-36-31(39)37-30)24-12-15-28(35)25(18-24)21-40/h4-6,8-15,18-20,40H,7,16-17,21H2,1-3H3,(H,38,41). The van der Waals surface area contributed by atoms with Crippen molar-refractivity contribution in [1.82, 2.24) is 19.7 Å². The molecule has 0 radical (unpaired) electrons. The molecule has 7 nitrogen and oxygen atoms in total. The lowest BCUT2D eigenvalue weighted by Gasteiger charge is -2.43. The van der Waals surface area contributed by atoms with Crippen molar-refractivity contribution < 1.29 is 19.0 Å². The Morgan fingerprint density at radius 1 is 1.02 bits per heavy atom. The Morgan fingerprint density at radius 2 is 1.74 bits per heavy atom. The molecule has 1 saturated carbocycles. The number of alkyl carbamates (subject to hydrolysis) is 1. The van der Waals surface area contributed by atoms with E-state index in [1.165, 1.54) is 6.07 Å². The molecule has 3 aromatic carbocycles. The van der Waals surface area contributed by atoms with Gasteiger partial charge < -0.3 is 15.2 Å². The fraction of sp³-hybridized carbons (Fsp3) is 0.265. The van der Waals surface area contributed by atoms with E-state index in [2.05, 4.69) is 22.4 Å². The highest BCUT2D eigenvalue weighted by Crippen LogP contribution is 2.42. The van der Waals surface area contributed by atoms with Crippen molar-refractivity contribution in [3.8, 4) is 33.6 Å². The highest BCUT2D eigenvalue weighted by Gasteiger charge is 2.41. The zero-order valence-electron chi connectivity index (χ0n) is 23.9. The molecule has 6 rings (SSSR count). The Hall–Kier alpha value is -4.56. The summed E-state index contributed by atoms with van der Waals surface area (Å²) in [5, 5.41) is 12.7. The van der Waals surface area contributed by atoms with Crippen LogP contribution in [0.3, 0.4) is 0 Å². The lowest BCUT2D eigenvalue weighted by atomic mass is 9.71. The molecule has 0 unspecified atom stereocenters. The van der Waals surface area contributed by atoms with Gasteiger partial charge in [0, 0.05) is 28.5 Å². The van der Waals surface area contributed by atoms with Gasteiger partial charge in [-0.2, -0.15) is 0 Å². The van der Waals surface area contributed by atoms with E-state index in [-0.39, 0.29) is 5.56 Å². The average molecular weight is 565 g/mol. The number of carbonyl (C=O) groups is 1. The Morgan fingerprint density at radius 3 is 2.38 bits per heavy atom. The first kappa shape index (κ1) is 27.6. The molecule has 1 fully saturated rings. The number of fused-ring (bicyclic) bond motifs is 1. The maximum atomic E-state index is 14.1. The second-order valence-corrected chi connectivity index (χ2v) is 11.8. The number of carbonyl (C=O) groups excluding carboxylic acids is 1. The number of imidazole rings is 1. The minimum absolute atomic E-state index is 0.223. The number of hydrogen-bond donors (Lipinski definition) is 2. The highest BCUT2D eigenvalue weighted by molar-refractivity contribution is 5.82. The number of ether oxygens (including phenoxy) is 1. The van der Waals surface area contributed by atoms with Gasteiger partial charge in [0.1, 0.15) is 11.4 Å². The van der Waals surface area contributed by atoms with Crippen LogP contribution in [-0.4, -0.2) is 31.2 Å². The molecule has 0 atom stereocenters. The predicted octanol–water partition coefficient (Wildman–Crippen LogP) is 7.27. The number of nitrogens with zero attached hydrogens (tertiary/aromatic N) is 3. The van der Waals surface area contributed by atoms with Crippen molar-refractivity contribution in [2.75, 3.05) is 0 Å². The lowest BCUT2D eigenvalue weighted by Crippen LogP contribution is -2.52. The zero-order chi connectivity index (χ0) is 29.5. The molecule has 5 aromatic rings. The summed E-state index contributed by atoms with van der Waals surface area (Å²) < 4.78 is 21.5. The largest absolute Gasteiger partial charge is 0.444 e. The van der Waals surface area contributed by atoms with Crippen LogP contribution in [0.25, 0.3) is 39.4 Å². The number of benzene rings is 3. The molecule has 0 saturated heterocycles. The fourth-order valence-corrected chi connectivity index (χ4v) is 5.49. The van der Waals surface area contributed by atoms with Crippen molar-refractivity contribution in [3.05, 3.63) is 102 Å². The number of hydrogen-bond acceptors (Lipinski definition) is 5. The van der Waals surface area contributed by atoms with Crippen LogP contribution in [0.15, 0.2) is 85.2 Å².